The molecular weight excluding hydrogens is 238 g/mol. The van der Waals surface area contributed by atoms with Crippen molar-refractivity contribution in [3.63, 3.8) is 0 Å². The van der Waals surface area contributed by atoms with E-state index in [1.165, 1.54) is 19.1 Å². The van der Waals surface area contributed by atoms with Crippen molar-refractivity contribution in [3.05, 3.63) is 0 Å². The molecule has 2 N–H and O–H groups in total. The molecule has 0 aromatic heterocycles. The van der Waals surface area contributed by atoms with E-state index in [-0.39, 0.29) is 0 Å². The molecule has 0 radical (unpaired) electrons. The average Bonchev–Trinajstić information content (AvgIpc) is 2.21. The highest BCUT2D eigenvalue weighted by Gasteiger charge is 2.21. The topological polar surface area (TPSA) is 61.4 Å². The van der Waals surface area contributed by atoms with Gasteiger partial charge in [0.05, 0.1) is 6.26 Å². The molecule has 1 heterocycles. The van der Waals surface area contributed by atoms with Gasteiger partial charge in [-0.2, -0.15) is 0 Å². The molecule has 1 aliphatic rings. The zero-order valence-electron chi connectivity index (χ0n) is 11.1. The van der Waals surface area contributed by atoms with Crippen molar-refractivity contribution in [3.8, 4) is 0 Å². The Balaban J connectivity index is 2.07. The predicted molar refractivity (Wildman–Crippen MR) is 70.6 cm³/mol. The Hall–Kier alpha value is -0.170. The summed E-state index contributed by atoms with van der Waals surface area (Å²) < 4.78 is 24.2. The van der Waals surface area contributed by atoms with E-state index in [1.807, 2.05) is 0 Å². The molecule has 0 spiro atoms. The van der Waals surface area contributed by atoms with Crippen LogP contribution in [0.2, 0.25) is 0 Å². The first kappa shape index (κ1) is 14.9. The maximum Gasteiger partial charge on any atom is 0.208 e. The lowest BCUT2D eigenvalue weighted by Gasteiger charge is -2.35. The fraction of sp³-hybridized carbons (Fsp3) is 1.00. The minimum Gasteiger partial charge on any atom is -0.314 e. The second kappa shape index (κ2) is 6.68. The third-order valence-corrected chi connectivity index (χ3v) is 4.09. The summed E-state index contributed by atoms with van der Waals surface area (Å²) in [5.41, 5.74) is 0. The van der Waals surface area contributed by atoms with Crippen LogP contribution in [-0.4, -0.2) is 58.3 Å². The standard InChI is InChI=1S/C11H25N3O2S/c1-10-9-11(5-8-14(10)2)12-6-4-7-13-17(3,15)16/h10-13H,4-9H2,1-3H3. The summed E-state index contributed by atoms with van der Waals surface area (Å²) in [6.07, 6.45) is 4.39. The van der Waals surface area contributed by atoms with Gasteiger partial charge in [0.25, 0.3) is 0 Å². The quantitative estimate of drug-likeness (QED) is 0.662. The lowest BCUT2D eigenvalue weighted by atomic mass is 9.99. The minimum absolute atomic E-state index is 0.522. The highest BCUT2D eigenvalue weighted by Crippen LogP contribution is 2.14. The zero-order valence-corrected chi connectivity index (χ0v) is 11.9. The van der Waals surface area contributed by atoms with Crippen molar-refractivity contribution in [1.29, 1.82) is 0 Å². The smallest absolute Gasteiger partial charge is 0.208 e. The molecule has 0 aromatic carbocycles. The van der Waals surface area contributed by atoms with Crippen LogP contribution in [0.25, 0.3) is 0 Å². The van der Waals surface area contributed by atoms with Gasteiger partial charge in [-0.15, -0.1) is 0 Å². The van der Waals surface area contributed by atoms with Crippen molar-refractivity contribution in [2.24, 2.45) is 0 Å². The molecule has 0 bridgehead atoms. The molecule has 0 saturated carbocycles. The molecule has 5 nitrogen and oxygen atoms in total. The second-order valence-corrected chi connectivity index (χ2v) is 6.86. The predicted octanol–water partition coefficient (Wildman–Crippen LogP) is -0.00200. The first-order valence-electron chi connectivity index (χ1n) is 6.27. The fourth-order valence-electron chi connectivity index (χ4n) is 2.13. The van der Waals surface area contributed by atoms with Crippen LogP contribution in [0.4, 0.5) is 0 Å². The Morgan fingerprint density at radius 2 is 2.06 bits per heavy atom. The molecule has 0 aromatic rings. The Bertz CT molecular complexity index is 319. The van der Waals surface area contributed by atoms with Crippen LogP contribution in [0.1, 0.15) is 26.2 Å². The van der Waals surface area contributed by atoms with Crippen molar-refractivity contribution >= 4 is 10.0 Å². The fourth-order valence-corrected chi connectivity index (χ4v) is 2.64. The van der Waals surface area contributed by atoms with Gasteiger partial charge in [0.1, 0.15) is 0 Å². The van der Waals surface area contributed by atoms with Crippen LogP contribution < -0.4 is 10.0 Å². The van der Waals surface area contributed by atoms with E-state index in [4.69, 9.17) is 0 Å². The number of likely N-dealkylation sites (tertiary alicyclic amines) is 1. The van der Waals surface area contributed by atoms with Crippen molar-refractivity contribution in [2.45, 2.75) is 38.3 Å². The Morgan fingerprint density at radius 3 is 2.65 bits per heavy atom. The van der Waals surface area contributed by atoms with Gasteiger partial charge in [0.15, 0.2) is 0 Å². The van der Waals surface area contributed by atoms with E-state index in [9.17, 15) is 8.42 Å². The maximum atomic E-state index is 10.8. The molecular formula is C11H25N3O2S. The van der Waals surface area contributed by atoms with Crippen LogP contribution >= 0.6 is 0 Å². The molecule has 1 rings (SSSR count). The maximum absolute atomic E-state index is 10.8. The molecule has 6 heteroatoms. The SMILES string of the molecule is CC1CC(NCCCNS(C)(=O)=O)CCN1C. The van der Waals surface area contributed by atoms with Gasteiger partial charge in [-0.25, -0.2) is 13.1 Å². The Labute approximate surface area is 105 Å². The Morgan fingerprint density at radius 1 is 1.35 bits per heavy atom. The molecule has 0 aliphatic carbocycles. The lowest BCUT2D eigenvalue weighted by molar-refractivity contribution is 0.169. The summed E-state index contributed by atoms with van der Waals surface area (Å²) in [6.45, 7) is 4.79. The average molecular weight is 263 g/mol. The van der Waals surface area contributed by atoms with Crippen molar-refractivity contribution in [1.82, 2.24) is 14.9 Å². The van der Waals surface area contributed by atoms with Gasteiger partial charge in [-0.1, -0.05) is 0 Å². The van der Waals surface area contributed by atoms with Crippen LogP contribution in [-0.2, 0) is 10.0 Å². The summed E-state index contributed by atoms with van der Waals surface area (Å²) in [5.74, 6) is 0. The van der Waals surface area contributed by atoms with Crippen molar-refractivity contribution in [2.75, 3.05) is 32.9 Å². The van der Waals surface area contributed by atoms with E-state index >= 15 is 0 Å². The van der Waals surface area contributed by atoms with E-state index in [0.29, 0.717) is 18.6 Å². The highest BCUT2D eigenvalue weighted by molar-refractivity contribution is 7.88. The number of nitrogens with one attached hydrogen (secondary N) is 2. The Kier molecular flexibility index (Phi) is 5.85. The largest absolute Gasteiger partial charge is 0.314 e. The summed E-state index contributed by atoms with van der Waals surface area (Å²) in [5, 5.41) is 3.50. The van der Waals surface area contributed by atoms with E-state index in [1.54, 1.807) is 0 Å². The van der Waals surface area contributed by atoms with Crippen molar-refractivity contribution < 1.29 is 8.42 Å². The summed E-state index contributed by atoms with van der Waals surface area (Å²) in [4.78, 5) is 2.38. The molecule has 1 fully saturated rings. The number of hydrogen-bond donors (Lipinski definition) is 2. The van der Waals surface area contributed by atoms with Gasteiger partial charge in [0.2, 0.25) is 10.0 Å². The third-order valence-electron chi connectivity index (χ3n) is 3.36. The van der Waals surface area contributed by atoms with Gasteiger partial charge < -0.3 is 10.2 Å². The van der Waals surface area contributed by atoms with E-state index in [2.05, 4.69) is 28.9 Å². The summed E-state index contributed by atoms with van der Waals surface area (Å²) in [7, 11) is -0.866. The molecule has 2 atom stereocenters. The number of sulfonamides is 1. The first-order valence-corrected chi connectivity index (χ1v) is 8.16. The highest BCUT2D eigenvalue weighted by atomic mass is 32.2. The summed E-state index contributed by atoms with van der Waals surface area (Å²) >= 11 is 0. The van der Waals surface area contributed by atoms with Gasteiger partial charge in [-0.05, 0) is 46.3 Å². The first-order chi connectivity index (χ1) is 7.88. The number of nitrogens with zero attached hydrogens (tertiary/aromatic N) is 1. The monoisotopic (exact) mass is 263 g/mol. The van der Waals surface area contributed by atoms with E-state index < -0.39 is 10.0 Å². The van der Waals surface area contributed by atoms with E-state index in [0.717, 1.165) is 19.5 Å². The third kappa shape index (κ3) is 6.35. The van der Waals surface area contributed by atoms with Gasteiger partial charge in [0, 0.05) is 18.6 Å². The van der Waals surface area contributed by atoms with Crippen LogP contribution in [0.15, 0.2) is 0 Å². The van der Waals surface area contributed by atoms with Crippen LogP contribution in [0.5, 0.6) is 0 Å². The van der Waals surface area contributed by atoms with Gasteiger partial charge >= 0.3 is 0 Å². The number of hydrogen-bond acceptors (Lipinski definition) is 4. The normalized spacial score (nSPS) is 27.2. The lowest BCUT2D eigenvalue weighted by Crippen LogP contribution is -2.46. The zero-order chi connectivity index (χ0) is 12.9. The van der Waals surface area contributed by atoms with Crippen LogP contribution in [0, 0.1) is 0 Å². The molecule has 1 aliphatic heterocycles. The molecule has 1 saturated heterocycles. The van der Waals surface area contributed by atoms with Gasteiger partial charge in [-0.3, -0.25) is 0 Å². The molecule has 2 unspecified atom stereocenters. The minimum atomic E-state index is -3.03. The summed E-state index contributed by atoms with van der Waals surface area (Å²) in [6, 6.07) is 1.22. The number of piperidine rings is 1. The second-order valence-electron chi connectivity index (χ2n) is 5.03. The molecule has 102 valence electrons. The van der Waals surface area contributed by atoms with Crippen LogP contribution in [0.3, 0.4) is 0 Å². The molecule has 17 heavy (non-hydrogen) atoms. The molecule has 0 amide bonds. The number of rotatable bonds is 6.